The van der Waals surface area contributed by atoms with Crippen molar-refractivity contribution in [3.8, 4) is 16.5 Å². The molecule has 0 bridgehead atoms. The molecule has 4 heterocycles. The van der Waals surface area contributed by atoms with E-state index in [0.29, 0.717) is 22.2 Å². The third kappa shape index (κ3) is 3.16. The van der Waals surface area contributed by atoms with Gasteiger partial charge in [-0.3, -0.25) is 0 Å². The molecule has 0 saturated heterocycles. The van der Waals surface area contributed by atoms with Gasteiger partial charge in [-0.2, -0.15) is 0 Å². The smallest absolute Gasteiger partial charge is 0.350 e. The average Bonchev–Trinajstić information content (AvgIpc) is 3.39. The van der Waals surface area contributed by atoms with Crippen LogP contribution in [0.1, 0.15) is 21.1 Å². The summed E-state index contributed by atoms with van der Waals surface area (Å²) in [5.41, 5.74) is 1.45. The lowest BCUT2D eigenvalue weighted by Crippen LogP contribution is -2.07. The SMILES string of the molecule is Cc1oc(-c2cccs2)nc1COC(=O)c1sccc1-n1cccc1. The summed E-state index contributed by atoms with van der Waals surface area (Å²) in [6.45, 7) is 1.91. The van der Waals surface area contributed by atoms with Gasteiger partial charge in [-0.15, -0.1) is 22.7 Å². The largest absolute Gasteiger partial charge is 0.455 e. The Labute approximate surface area is 152 Å². The van der Waals surface area contributed by atoms with Crippen LogP contribution >= 0.6 is 22.7 Å². The summed E-state index contributed by atoms with van der Waals surface area (Å²) in [5.74, 6) is 0.856. The summed E-state index contributed by atoms with van der Waals surface area (Å²) >= 11 is 2.92. The molecule has 0 unspecified atom stereocenters. The molecule has 0 amide bonds. The van der Waals surface area contributed by atoms with Crippen molar-refractivity contribution in [1.29, 1.82) is 0 Å². The number of carbonyl (C=O) groups is 1. The maximum atomic E-state index is 12.5. The van der Waals surface area contributed by atoms with Gasteiger partial charge < -0.3 is 13.7 Å². The second-order valence-corrected chi connectivity index (χ2v) is 7.16. The quantitative estimate of drug-likeness (QED) is 0.468. The predicted molar refractivity (Wildman–Crippen MR) is 97.3 cm³/mol. The van der Waals surface area contributed by atoms with Gasteiger partial charge in [-0.25, -0.2) is 9.78 Å². The molecule has 126 valence electrons. The highest BCUT2D eigenvalue weighted by atomic mass is 32.1. The Morgan fingerprint density at radius 3 is 2.80 bits per heavy atom. The summed E-state index contributed by atoms with van der Waals surface area (Å²) < 4.78 is 13.0. The molecular weight excluding hydrogens is 356 g/mol. The lowest BCUT2D eigenvalue weighted by Gasteiger charge is -2.05. The molecule has 0 N–H and O–H groups in total. The molecule has 0 aromatic carbocycles. The monoisotopic (exact) mass is 370 g/mol. The molecule has 0 saturated carbocycles. The molecule has 0 aliphatic heterocycles. The van der Waals surface area contributed by atoms with E-state index in [0.717, 1.165) is 10.6 Å². The van der Waals surface area contributed by atoms with Crippen molar-refractivity contribution >= 4 is 28.6 Å². The number of aryl methyl sites for hydroxylation is 1. The van der Waals surface area contributed by atoms with Crippen LogP contribution in [-0.2, 0) is 11.3 Å². The fourth-order valence-corrected chi connectivity index (χ4v) is 3.85. The molecule has 0 fully saturated rings. The number of aromatic nitrogens is 2. The molecule has 7 heteroatoms. The molecule has 5 nitrogen and oxygen atoms in total. The number of nitrogens with zero attached hydrogens (tertiary/aromatic N) is 2. The standard InChI is InChI=1S/C18H14N2O3S2/c1-12-13(19-17(23-12)15-5-4-9-24-15)11-22-18(21)16-14(6-10-25-16)20-7-2-3-8-20/h2-10H,11H2,1H3. The zero-order valence-corrected chi connectivity index (χ0v) is 15.0. The first-order valence-corrected chi connectivity index (χ1v) is 9.36. The van der Waals surface area contributed by atoms with Gasteiger partial charge in [-0.05, 0) is 41.9 Å². The van der Waals surface area contributed by atoms with Crippen molar-refractivity contribution in [2.75, 3.05) is 0 Å². The number of carbonyl (C=O) groups excluding carboxylic acids is 1. The van der Waals surface area contributed by atoms with Crippen LogP contribution in [0.15, 0.2) is 57.9 Å². The third-order valence-corrected chi connectivity index (χ3v) is 5.42. The number of thiophene rings is 2. The topological polar surface area (TPSA) is 57.3 Å². The van der Waals surface area contributed by atoms with Crippen molar-refractivity contribution in [2.45, 2.75) is 13.5 Å². The number of oxazole rings is 1. The summed E-state index contributed by atoms with van der Waals surface area (Å²) in [4.78, 5) is 18.4. The molecule has 4 aromatic rings. The molecule has 25 heavy (non-hydrogen) atoms. The number of esters is 1. The molecule has 0 spiro atoms. The van der Waals surface area contributed by atoms with Crippen LogP contribution in [-0.4, -0.2) is 15.5 Å². The van der Waals surface area contributed by atoms with Gasteiger partial charge in [0.1, 0.15) is 22.9 Å². The van der Waals surface area contributed by atoms with Crippen molar-refractivity contribution in [1.82, 2.24) is 9.55 Å². The Kier molecular flexibility index (Phi) is 4.25. The van der Waals surface area contributed by atoms with Gasteiger partial charge in [0.2, 0.25) is 5.89 Å². The van der Waals surface area contributed by atoms with E-state index >= 15 is 0 Å². The van der Waals surface area contributed by atoms with Crippen LogP contribution in [0.25, 0.3) is 16.5 Å². The van der Waals surface area contributed by atoms with Crippen LogP contribution in [0.3, 0.4) is 0 Å². The van der Waals surface area contributed by atoms with Crippen LogP contribution in [0.5, 0.6) is 0 Å². The molecule has 0 atom stereocenters. The van der Waals surface area contributed by atoms with Crippen molar-refractivity contribution in [3.63, 3.8) is 0 Å². The van der Waals surface area contributed by atoms with E-state index in [-0.39, 0.29) is 12.6 Å². The average molecular weight is 370 g/mol. The molecule has 4 aromatic heterocycles. The summed E-state index contributed by atoms with van der Waals surface area (Å²) in [6.07, 6.45) is 3.79. The van der Waals surface area contributed by atoms with Crippen molar-refractivity contribution in [3.05, 3.63) is 69.8 Å². The third-order valence-electron chi connectivity index (χ3n) is 3.68. The van der Waals surface area contributed by atoms with Crippen LogP contribution in [0, 0.1) is 6.92 Å². The van der Waals surface area contributed by atoms with E-state index in [2.05, 4.69) is 4.98 Å². The first-order chi connectivity index (χ1) is 12.2. The summed E-state index contributed by atoms with van der Waals surface area (Å²) in [7, 11) is 0. The van der Waals surface area contributed by atoms with E-state index in [1.54, 1.807) is 11.3 Å². The minimum atomic E-state index is -0.362. The van der Waals surface area contributed by atoms with Crippen LogP contribution in [0.4, 0.5) is 0 Å². The van der Waals surface area contributed by atoms with Crippen molar-refractivity contribution < 1.29 is 13.9 Å². The van der Waals surface area contributed by atoms with E-state index in [9.17, 15) is 4.79 Å². The maximum absolute atomic E-state index is 12.5. The number of hydrogen-bond acceptors (Lipinski definition) is 6. The Balaban J connectivity index is 1.49. The summed E-state index contributed by atoms with van der Waals surface area (Å²) in [5, 5.41) is 3.84. The van der Waals surface area contributed by atoms with E-state index in [4.69, 9.17) is 9.15 Å². The Morgan fingerprint density at radius 2 is 2.04 bits per heavy atom. The Morgan fingerprint density at radius 1 is 1.20 bits per heavy atom. The van der Waals surface area contributed by atoms with Gasteiger partial charge in [0.25, 0.3) is 0 Å². The summed E-state index contributed by atoms with van der Waals surface area (Å²) in [6, 6.07) is 9.62. The Hall–Kier alpha value is -2.64. The fourth-order valence-electron chi connectivity index (χ4n) is 2.42. The molecular formula is C18H14N2O3S2. The van der Waals surface area contributed by atoms with Crippen molar-refractivity contribution in [2.24, 2.45) is 0 Å². The minimum absolute atomic E-state index is 0.0859. The lowest BCUT2D eigenvalue weighted by molar-refractivity contribution is 0.0473. The zero-order valence-electron chi connectivity index (χ0n) is 13.3. The van der Waals surface area contributed by atoms with Gasteiger partial charge in [0.05, 0.1) is 10.6 Å². The molecule has 4 rings (SSSR count). The minimum Gasteiger partial charge on any atom is -0.455 e. The zero-order chi connectivity index (χ0) is 17.2. The van der Waals surface area contributed by atoms with E-state index in [1.165, 1.54) is 11.3 Å². The highest BCUT2D eigenvalue weighted by Gasteiger charge is 2.18. The first-order valence-electron chi connectivity index (χ1n) is 7.60. The van der Waals surface area contributed by atoms with E-state index in [1.807, 2.05) is 65.0 Å². The molecule has 0 radical (unpaired) electrons. The van der Waals surface area contributed by atoms with E-state index < -0.39 is 0 Å². The lowest BCUT2D eigenvalue weighted by atomic mass is 10.3. The fraction of sp³-hybridized carbons (Fsp3) is 0.111. The second-order valence-electron chi connectivity index (χ2n) is 5.30. The highest BCUT2D eigenvalue weighted by molar-refractivity contribution is 7.13. The van der Waals surface area contributed by atoms with Gasteiger partial charge in [0.15, 0.2) is 0 Å². The number of ether oxygens (including phenoxy) is 1. The number of rotatable bonds is 5. The van der Waals surface area contributed by atoms with Gasteiger partial charge in [-0.1, -0.05) is 6.07 Å². The molecule has 0 aliphatic carbocycles. The maximum Gasteiger partial charge on any atom is 0.350 e. The first kappa shape index (κ1) is 15.9. The number of hydrogen-bond donors (Lipinski definition) is 0. The highest BCUT2D eigenvalue weighted by Crippen LogP contribution is 2.27. The van der Waals surface area contributed by atoms with Crippen LogP contribution < -0.4 is 0 Å². The normalized spacial score (nSPS) is 10.9. The predicted octanol–water partition coefficient (Wildman–Crippen LogP) is 4.92. The Bertz CT molecular complexity index is 982. The van der Waals surface area contributed by atoms with Gasteiger partial charge >= 0.3 is 5.97 Å². The van der Waals surface area contributed by atoms with Gasteiger partial charge in [0, 0.05) is 12.4 Å². The second kappa shape index (κ2) is 6.70. The molecule has 0 aliphatic rings. The van der Waals surface area contributed by atoms with Crippen LogP contribution in [0.2, 0.25) is 0 Å².